The van der Waals surface area contributed by atoms with Gasteiger partial charge in [0.25, 0.3) is 0 Å². The summed E-state index contributed by atoms with van der Waals surface area (Å²) in [6, 6.07) is 2.48. The number of anilines is 1. The van der Waals surface area contributed by atoms with Gasteiger partial charge in [0.1, 0.15) is 5.82 Å². The fraction of sp³-hybridized carbons (Fsp3) is 0.625. The van der Waals surface area contributed by atoms with E-state index in [0.717, 1.165) is 18.9 Å². The highest BCUT2D eigenvalue weighted by Crippen LogP contribution is 2.36. The lowest BCUT2D eigenvalue weighted by Crippen LogP contribution is -2.46. The highest BCUT2D eigenvalue weighted by Gasteiger charge is 2.38. The van der Waals surface area contributed by atoms with Crippen LogP contribution in [-0.2, 0) is 11.0 Å². The van der Waals surface area contributed by atoms with E-state index in [9.17, 15) is 18.0 Å². The molecule has 4 nitrogen and oxygen atoms in total. The Hall–Kier alpha value is -1.79. The Morgan fingerprint density at radius 2 is 1.91 bits per heavy atom. The van der Waals surface area contributed by atoms with Crippen molar-refractivity contribution in [3.8, 4) is 0 Å². The van der Waals surface area contributed by atoms with E-state index in [0.29, 0.717) is 25.9 Å². The van der Waals surface area contributed by atoms with Gasteiger partial charge in [0, 0.05) is 38.3 Å². The molecule has 0 spiro atoms. The minimum atomic E-state index is -4.40. The third kappa shape index (κ3) is 3.43. The van der Waals surface area contributed by atoms with Gasteiger partial charge in [-0.1, -0.05) is 0 Å². The first-order valence-corrected chi connectivity index (χ1v) is 7.91. The number of alkyl halides is 3. The van der Waals surface area contributed by atoms with E-state index < -0.39 is 11.7 Å². The van der Waals surface area contributed by atoms with Crippen LogP contribution >= 0.6 is 0 Å². The van der Waals surface area contributed by atoms with Gasteiger partial charge in [-0.2, -0.15) is 13.2 Å². The molecular weight excluding hydrogens is 307 g/mol. The summed E-state index contributed by atoms with van der Waals surface area (Å²) in [6.45, 7) is 0.958. The number of amides is 1. The highest BCUT2D eigenvalue weighted by atomic mass is 19.4. The summed E-state index contributed by atoms with van der Waals surface area (Å²) in [5.74, 6) is 0.345. The first-order valence-electron chi connectivity index (χ1n) is 7.91. The standard InChI is InChI=1S/C16H20F3N3O/c1-21(15(23)11-4-5-11)12-6-9-22(10-7-12)14-13(16(17,18)19)3-2-8-20-14/h2-3,8,11-12H,4-7,9-10H2,1H3. The molecule has 2 aliphatic rings. The van der Waals surface area contributed by atoms with Crippen molar-refractivity contribution in [2.24, 2.45) is 5.92 Å². The van der Waals surface area contributed by atoms with Gasteiger partial charge in [0.2, 0.25) is 5.91 Å². The number of piperidine rings is 1. The number of hydrogen-bond donors (Lipinski definition) is 0. The van der Waals surface area contributed by atoms with E-state index in [2.05, 4.69) is 4.98 Å². The molecule has 0 N–H and O–H groups in total. The Morgan fingerprint density at radius 1 is 1.26 bits per heavy atom. The fourth-order valence-electron chi connectivity index (χ4n) is 3.13. The van der Waals surface area contributed by atoms with Gasteiger partial charge in [0.15, 0.2) is 0 Å². The SMILES string of the molecule is CN(C(=O)C1CC1)C1CCN(c2ncccc2C(F)(F)F)CC1. The van der Waals surface area contributed by atoms with Crippen molar-refractivity contribution in [2.45, 2.75) is 37.9 Å². The van der Waals surface area contributed by atoms with Crippen LogP contribution in [0, 0.1) is 5.92 Å². The zero-order valence-electron chi connectivity index (χ0n) is 13.0. The van der Waals surface area contributed by atoms with Gasteiger partial charge in [-0.25, -0.2) is 4.98 Å². The molecule has 0 atom stereocenters. The molecule has 3 rings (SSSR count). The van der Waals surface area contributed by atoms with Gasteiger partial charge in [-0.05, 0) is 37.8 Å². The molecule has 23 heavy (non-hydrogen) atoms. The second-order valence-corrected chi connectivity index (χ2v) is 6.31. The lowest BCUT2D eigenvalue weighted by Gasteiger charge is -2.38. The van der Waals surface area contributed by atoms with Crippen LogP contribution < -0.4 is 4.90 Å². The van der Waals surface area contributed by atoms with Crippen LogP contribution in [-0.4, -0.2) is 42.0 Å². The first-order chi connectivity index (χ1) is 10.9. The summed E-state index contributed by atoms with van der Waals surface area (Å²) >= 11 is 0. The van der Waals surface area contributed by atoms with Crippen LogP contribution in [0.1, 0.15) is 31.2 Å². The number of nitrogens with zero attached hydrogens (tertiary/aromatic N) is 3. The second kappa shape index (κ2) is 6.02. The predicted octanol–water partition coefficient (Wildman–Crippen LogP) is 2.94. The summed E-state index contributed by atoms with van der Waals surface area (Å²) in [5.41, 5.74) is -0.694. The molecule has 126 valence electrons. The van der Waals surface area contributed by atoms with E-state index in [4.69, 9.17) is 0 Å². The molecule has 7 heteroatoms. The monoisotopic (exact) mass is 327 g/mol. The molecular formula is C16H20F3N3O. The first kappa shape index (κ1) is 16.1. The van der Waals surface area contributed by atoms with Crippen molar-refractivity contribution < 1.29 is 18.0 Å². The topological polar surface area (TPSA) is 36.4 Å². The average molecular weight is 327 g/mol. The van der Waals surface area contributed by atoms with Crippen LogP contribution in [0.25, 0.3) is 0 Å². The summed E-state index contributed by atoms with van der Waals surface area (Å²) in [4.78, 5) is 19.5. The molecule has 1 aliphatic carbocycles. The fourth-order valence-corrected chi connectivity index (χ4v) is 3.13. The summed E-state index contributed by atoms with van der Waals surface area (Å²) in [7, 11) is 1.81. The average Bonchev–Trinajstić information content (AvgIpc) is 3.38. The quantitative estimate of drug-likeness (QED) is 0.856. The number of carbonyl (C=O) groups is 1. The Kier molecular flexibility index (Phi) is 4.21. The van der Waals surface area contributed by atoms with Gasteiger partial charge in [-0.15, -0.1) is 0 Å². The number of halogens is 3. The van der Waals surface area contributed by atoms with Crippen LogP contribution in [0.3, 0.4) is 0 Å². The second-order valence-electron chi connectivity index (χ2n) is 6.31. The van der Waals surface area contributed by atoms with E-state index in [1.807, 2.05) is 7.05 Å². The van der Waals surface area contributed by atoms with Crippen molar-refractivity contribution in [3.05, 3.63) is 23.9 Å². The number of rotatable bonds is 3. The van der Waals surface area contributed by atoms with Crippen molar-refractivity contribution in [1.82, 2.24) is 9.88 Å². The molecule has 1 saturated heterocycles. The largest absolute Gasteiger partial charge is 0.419 e. The molecule has 1 saturated carbocycles. The molecule has 2 fully saturated rings. The summed E-state index contributed by atoms with van der Waals surface area (Å²) < 4.78 is 39.3. The normalized spacial score (nSPS) is 19.7. The maximum absolute atomic E-state index is 13.1. The maximum atomic E-state index is 13.1. The molecule has 0 radical (unpaired) electrons. The number of carbonyl (C=O) groups excluding carboxylic acids is 1. The molecule has 0 bridgehead atoms. The molecule has 0 aromatic carbocycles. The lowest BCUT2D eigenvalue weighted by atomic mass is 10.0. The van der Waals surface area contributed by atoms with E-state index in [1.54, 1.807) is 9.80 Å². The zero-order chi connectivity index (χ0) is 16.6. The number of pyridine rings is 1. The van der Waals surface area contributed by atoms with Crippen LogP contribution in [0.5, 0.6) is 0 Å². The lowest BCUT2D eigenvalue weighted by molar-refractivity contribution is -0.137. The van der Waals surface area contributed by atoms with E-state index >= 15 is 0 Å². The zero-order valence-corrected chi connectivity index (χ0v) is 13.0. The van der Waals surface area contributed by atoms with E-state index in [-0.39, 0.29) is 23.7 Å². The van der Waals surface area contributed by atoms with Crippen molar-refractivity contribution in [1.29, 1.82) is 0 Å². The Morgan fingerprint density at radius 3 is 2.48 bits per heavy atom. The minimum absolute atomic E-state index is 0.00498. The third-order valence-electron chi connectivity index (χ3n) is 4.68. The third-order valence-corrected chi connectivity index (χ3v) is 4.68. The minimum Gasteiger partial charge on any atom is -0.356 e. The van der Waals surface area contributed by atoms with Crippen molar-refractivity contribution >= 4 is 11.7 Å². The van der Waals surface area contributed by atoms with Gasteiger partial charge in [0.05, 0.1) is 5.56 Å². The molecule has 2 heterocycles. The van der Waals surface area contributed by atoms with Crippen LogP contribution in [0.15, 0.2) is 18.3 Å². The number of hydrogen-bond acceptors (Lipinski definition) is 3. The van der Waals surface area contributed by atoms with Crippen LogP contribution in [0.4, 0.5) is 19.0 Å². The van der Waals surface area contributed by atoms with Crippen molar-refractivity contribution in [2.75, 3.05) is 25.0 Å². The maximum Gasteiger partial charge on any atom is 0.419 e. The Bertz CT molecular complexity index is 578. The molecule has 1 aromatic rings. The van der Waals surface area contributed by atoms with E-state index in [1.165, 1.54) is 12.3 Å². The van der Waals surface area contributed by atoms with Crippen LogP contribution in [0.2, 0.25) is 0 Å². The van der Waals surface area contributed by atoms with Crippen molar-refractivity contribution in [3.63, 3.8) is 0 Å². The van der Waals surface area contributed by atoms with Gasteiger partial charge < -0.3 is 9.80 Å². The summed E-state index contributed by atoms with van der Waals surface area (Å²) in [5, 5.41) is 0. The Labute approximate surface area is 133 Å². The summed E-state index contributed by atoms with van der Waals surface area (Å²) in [6.07, 6.45) is 0.250. The molecule has 1 aromatic heterocycles. The molecule has 1 aliphatic heterocycles. The number of aromatic nitrogens is 1. The van der Waals surface area contributed by atoms with Gasteiger partial charge in [-0.3, -0.25) is 4.79 Å². The molecule has 1 amide bonds. The Balaban J connectivity index is 1.66. The predicted molar refractivity (Wildman–Crippen MR) is 80.0 cm³/mol. The van der Waals surface area contributed by atoms with Gasteiger partial charge >= 0.3 is 6.18 Å². The highest BCUT2D eigenvalue weighted by molar-refractivity contribution is 5.81. The molecule has 0 unspecified atom stereocenters. The smallest absolute Gasteiger partial charge is 0.356 e.